The summed E-state index contributed by atoms with van der Waals surface area (Å²) < 4.78 is 0.640. The fraction of sp³-hybridized carbons (Fsp3) is 0.0714. The summed E-state index contributed by atoms with van der Waals surface area (Å²) in [6.07, 6.45) is 1.26. The van der Waals surface area contributed by atoms with Crippen molar-refractivity contribution >= 4 is 6.21 Å². The van der Waals surface area contributed by atoms with Gasteiger partial charge in [0.25, 0.3) is 0 Å². The molecule has 0 aliphatic rings. The van der Waals surface area contributed by atoms with Crippen LogP contribution >= 0.6 is 0 Å². The number of nitrogens with zero attached hydrogens (tertiary/aromatic N) is 1. The Morgan fingerprint density at radius 3 is 2.37 bits per heavy atom. The molecule has 2 rings (SSSR count). The minimum absolute atomic E-state index is 0.00216. The Bertz CT molecular complexity index is 623. The van der Waals surface area contributed by atoms with E-state index in [9.17, 15) is 15.4 Å². The number of phenols is 3. The molecule has 0 spiro atoms. The molecule has 3 N–H and O–H groups in total. The number of hydrogen-bond donors (Lipinski definition) is 3. The van der Waals surface area contributed by atoms with Crippen molar-refractivity contribution < 1.29 is 20.1 Å². The van der Waals surface area contributed by atoms with E-state index in [2.05, 4.69) is 0 Å². The second-order valence-electron chi connectivity index (χ2n) is 4.09. The number of rotatable bonds is 3. The van der Waals surface area contributed by atoms with E-state index in [0.717, 1.165) is 0 Å². The van der Waals surface area contributed by atoms with Gasteiger partial charge in [0.05, 0.1) is 5.56 Å². The van der Waals surface area contributed by atoms with E-state index < -0.39 is 0 Å². The highest BCUT2D eigenvalue weighted by Crippen LogP contribution is 2.25. The maximum atomic E-state index is 11.7. The van der Waals surface area contributed by atoms with Crippen molar-refractivity contribution in [2.45, 2.75) is 6.54 Å². The van der Waals surface area contributed by atoms with Crippen LogP contribution in [0.3, 0.4) is 0 Å². The van der Waals surface area contributed by atoms with Crippen molar-refractivity contribution in [2.24, 2.45) is 0 Å². The molecular formula is C14H13NO4. The predicted octanol–water partition coefficient (Wildman–Crippen LogP) is 1.93. The van der Waals surface area contributed by atoms with Crippen LogP contribution in [0.15, 0.2) is 42.5 Å². The summed E-state index contributed by atoms with van der Waals surface area (Å²) in [4.78, 5) is 0. The highest BCUT2D eigenvalue weighted by molar-refractivity contribution is 5.79. The lowest BCUT2D eigenvalue weighted by Gasteiger charge is -2.06. The van der Waals surface area contributed by atoms with Crippen LogP contribution in [0, 0.1) is 5.21 Å². The van der Waals surface area contributed by atoms with Gasteiger partial charge in [-0.3, -0.25) is 0 Å². The number of hydrogen-bond acceptors (Lipinski definition) is 4. The van der Waals surface area contributed by atoms with E-state index in [1.165, 1.54) is 24.4 Å². The molecule has 0 heterocycles. The summed E-state index contributed by atoms with van der Waals surface area (Å²) in [5, 5.41) is 39.8. The number of benzene rings is 2. The van der Waals surface area contributed by atoms with Gasteiger partial charge in [-0.15, -0.1) is 0 Å². The molecule has 0 amide bonds. The summed E-state index contributed by atoms with van der Waals surface area (Å²) in [6, 6.07) is 10.7. The first-order valence-electron chi connectivity index (χ1n) is 5.64. The molecule has 0 atom stereocenters. The van der Waals surface area contributed by atoms with Crippen LogP contribution in [0.1, 0.15) is 11.1 Å². The van der Waals surface area contributed by atoms with Gasteiger partial charge in [-0.25, -0.2) is 4.74 Å². The molecule has 5 heteroatoms. The van der Waals surface area contributed by atoms with Crippen LogP contribution < -0.4 is 0 Å². The lowest BCUT2D eigenvalue weighted by atomic mass is 10.2. The molecule has 0 aliphatic carbocycles. The van der Waals surface area contributed by atoms with Gasteiger partial charge in [0, 0.05) is 5.56 Å². The summed E-state index contributed by atoms with van der Waals surface area (Å²) in [5.74, 6) is -0.476. The second kappa shape index (κ2) is 5.30. The summed E-state index contributed by atoms with van der Waals surface area (Å²) in [6.45, 7) is 0.00216. The number of phenolic OH excluding ortho intramolecular Hbond substituents is 3. The zero-order valence-corrected chi connectivity index (χ0v) is 10.0. The van der Waals surface area contributed by atoms with Crippen LogP contribution in [0.2, 0.25) is 0 Å². The molecular weight excluding hydrogens is 246 g/mol. The number of aromatic hydroxyl groups is 3. The minimum atomic E-state index is -0.270. The predicted molar refractivity (Wildman–Crippen MR) is 70.4 cm³/mol. The van der Waals surface area contributed by atoms with Gasteiger partial charge in [-0.05, 0) is 30.3 Å². The Kier molecular flexibility index (Phi) is 3.56. The molecule has 0 radical (unpaired) electrons. The van der Waals surface area contributed by atoms with E-state index >= 15 is 0 Å². The molecule has 2 aromatic rings. The molecule has 0 fully saturated rings. The maximum Gasteiger partial charge on any atom is 0.185 e. The first-order chi connectivity index (χ1) is 9.06. The van der Waals surface area contributed by atoms with Crippen LogP contribution in [0.4, 0.5) is 0 Å². The van der Waals surface area contributed by atoms with Gasteiger partial charge in [0.1, 0.15) is 5.75 Å². The molecule has 5 nitrogen and oxygen atoms in total. The third kappa shape index (κ3) is 3.16. The van der Waals surface area contributed by atoms with Crippen LogP contribution in [-0.4, -0.2) is 26.3 Å². The fourth-order valence-electron chi connectivity index (χ4n) is 1.64. The molecule has 19 heavy (non-hydrogen) atoms. The number of hydroxylamine groups is 1. The Morgan fingerprint density at radius 1 is 0.947 bits per heavy atom. The molecule has 0 aromatic heterocycles. The van der Waals surface area contributed by atoms with E-state index in [-0.39, 0.29) is 23.8 Å². The Balaban J connectivity index is 2.19. The smallest absolute Gasteiger partial charge is 0.185 e. The zero-order valence-electron chi connectivity index (χ0n) is 10.0. The minimum Gasteiger partial charge on any atom is -0.624 e. The average Bonchev–Trinajstić information content (AvgIpc) is 2.37. The SMILES string of the molecule is [O-][N+](=Cc1ccccc1O)Cc1ccc(O)c(O)c1. The quantitative estimate of drug-likeness (QED) is 0.258. The molecule has 0 bridgehead atoms. The van der Waals surface area contributed by atoms with Crippen molar-refractivity contribution in [3.05, 3.63) is 58.8 Å². The van der Waals surface area contributed by atoms with Crippen molar-refractivity contribution in [2.75, 3.05) is 0 Å². The van der Waals surface area contributed by atoms with Crippen molar-refractivity contribution in [3.63, 3.8) is 0 Å². The largest absolute Gasteiger partial charge is 0.624 e. The summed E-state index contributed by atoms with van der Waals surface area (Å²) in [7, 11) is 0. The van der Waals surface area contributed by atoms with E-state index in [1.54, 1.807) is 24.3 Å². The van der Waals surface area contributed by atoms with E-state index in [0.29, 0.717) is 15.9 Å². The molecule has 0 unspecified atom stereocenters. The van der Waals surface area contributed by atoms with Crippen molar-refractivity contribution in [1.82, 2.24) is 0 Å². The van der Waals surface area contributed by atoms with E-state index in [1.807, 2.05) is 0 Å². The topological polar surface area (TPSA) is 86.8 Å². The van der Waals surface area contributed by atoms with Crippen molar-refractivity contribution in [1.29, 1.82) is 0 Å². The van der Waals surface area contributed by atoms with Gasteiger partial charge in [0.2, 0.25) is 0 Å². The lowest BCUT2D eigenvalue weighted by molar-refractivity contribution is -0.469. The first kappa shape index (κ1) is 12.8. The van der Waals surface area contributed by atoms with Gasteiger partial charge in [-0.2, -0.15) is 0 Å². The standard InChI is InChI=1S/C14H13NO4/c16-12-4-2-1-3-11(12)9-15(19)8-10-5-6-13(17)14(18)7-10/h1-7,9,16-18H,8H2. The van der Waals surface area contributed by atoms with Crippen LogP contribution in [-0.2, 0) is 6.54 Å². The zero-order chi connectivity index (χ0) is 13.8. The Hall–Kier alpha value is -2.69. The van der Waals surface area contributed by atoms with Crippen molar-refractivity contribution in [3.8, 4) is 17.2 Å². The third-order valence-corrected chi connectivity index (χ3v) is 2.60. The van der Waals surface area contributed by atoms with Gasteiger partial charge < -0.3 is 20.5 Å². The Labute approximate surface area is 109 Å². The van der Waals surface area contributed by atoms with E-state index in [4.69, 9.17) is 5.11 Å². The molecule has 0 saturated heterocycles. The van der Waals surface area contributed by atoms with Gasteiger partial charge >= 0.3 is 0 Å². The third-order valence-electron chi connectivity index (χ3n) is 2.60. The maximum absolute atomic E-state index is 11.7. The van der Waals surface area contributed by atoms with Crippen LogP contribution in [0.5, 0.6) is 17.2 Å². The van der Waals surface area contributed by atoms with Gasteiger partial charge in [0.15, 0.2) is 24.3 Å². The number of para-hydroxylation sites is 1. The first-order valence-corrected chi connectivity index (χ1v) is 5.64. The highest BCUT2D eigenvalue weighted by atomic mass is 16.5. The molecule has 98 valence electrons. The second-order valence-corrected chi connectivity index (χ2v) is 4.09. The summed E-state index contributed by atoms with van der Waals surface area (Å²) in [5.41, 5.74) is 0.970. The monoisotopic (exact) mass is 259 g/mol. The Morgan fingerprint density at radius 2 is 1.68 bits per heavy atom. The summed E-state index contributed by atoms with van der Waals surface area (Å²) >= 11 is 0. The van der Waals surface area contributed by atoms with Crippen LogP contribution in [0.25, 0.3) is 0 Å². The molecule has 2 aromatic carbocycles. The lowest BCUT2D eigenvalue weighted by Crippen LogP contribution is -2.05. The fourth-order valence-corrected chi connectivity index (χ4v) is 1.64. The molecule has 0 aliphatic heterocycles. The average molecular weight is 259 g/mol. The van der Waals surface area contributed by atoms with Gasteiger partial charge in [-0.1, -0.05) is 12.1 Å². The molecule has 0 saturated carbocycles. The normalized spacial score (nSPS) is 11.5. The highest BCUT2D eigenvalue weighted by Gasteiger charge is 2.05.